The number of halogens is 1. The van der Waals surface area contributed by atoms with E-state index in [1.54, 1.807) is 37.5 Å². The lowest BCUT2D eigenvalue weighted by Gasteiger charge is -2.08. The third-order valence-corrected chi connectivity index (χ3v) is 5.17. The van der Waals surface area contributed by atoms with Gasteiger partial charge in [0.25, 0.3) is 0 Å². The van der Waals surface area contributed by atoms with Crippen LogP contribution in [0.5, 0.6) is 0 Å². The molecule has 0 saturated heterocycles. The Morgan fingerprint density at radius 1 is 1.36 bits per heavy atom. The van der Waals surface area contributed by atoms with Gasteiger partial charge in [0.15, 0.2) is 4.34 Å². The van der Waals surface area contributed by atoms with Gasteiger partial charge in [-0.05, 0) is 37.3 Å². The number of aromatic nitrogens is 2. The molecule has 2 heterocycles. The van der Waals surface area contributed by atoms with E-state index in [0.717, 1.165) is 0 Å². The second-order valence-electron chi connectivity index (χ2n) is 5.07. The molecule has 3 aromatic rings. The zero-order valence-electron chi connectivity index (χ0n) is 13.2. The highest BCUT2D eigenvalue weighted by Crippen LogP contribution is 2.30. The predicted molar refractivity (Wildman–Crippen MR) is 95.5 cm³/mol. The molecule has 2 N–H and O–H groups in total. The van der Waals surface area contributed by atoms with Crippen molar-refractivity contribution in [3.05, 3.63) is 54.2 Å². The number of carbonyl (C=O) groups is 1. The molecular weight excluding hydrogens is 363 g/mol. The van der Waals surface area contributed by atoms with E-state index in [1.165, 1.54) is 35.2 Å². The van der Waals surface area contributed by atoms with Crippen LogP contribution in [0.2, 0.25) is 0 Å². The van der Waals surface area contributed by atoms with Crippen molar-refractivity contribution in [2.75, 3.05) is 5.32 Å². The molecule has 2 aromatic heterocycles. The first-order valence-electron chi connectivity index (χ1n) is 7.43. The van der Waals surface area contributed by atoms with Crippen LogP contribution in [0.4, 0.5) is 15.2 Å². The molecular formula is C16H15FN4O2S2. The summed E-state index contributed by atoms with van der Waals surface area (Å²) < 4.78 is 19.0. The fraction of sp³-hybridized carbons (Fsp3) is 0.188. The number of nitrogens with one attached hydrogen (secondary N) is 2. The average Bonchev–Trinajstić information content (AvgIpc) is 3.24. The van der Waals surface area contributed by atoms with Gasteiger partial charge in [0.2, 0.25) is 11.0 Å². The van der Waals surface area contributed by atoms with Gasteiger partial charge in [-0.15, -0.1) is 10.2 Å². The Bertz CT molecular complexity index is 838. The highest BCUT2D eigenvalue weighted by atomic mass is 32.2. The Labute approximate surface area is 151 Å². The highest BCUT2D eigenvalue weighted by molar-refractivity contribution is 8.02. The number of carbonyl (C=O) groups excluding carboxylic acids is 1. The van der Waals surface area contributed by atoms with E-state index in [-0.39, 0.29) is 17.0 Å². The molecule has 0 aliphatic heterocycles. The second kappa shape index (κ2) is 8.13. The fourth-order valence-electron chi connectivity index (χ4n) is 1.93. The molecule has 1 atom stereocenters. The van der Waals surface area contributed by atoms with Crippen LogP contribution in [0.15, 0.2) is 51.4 Å². The minimum atomic E-state index is -0.329. The molecule has 6 nitrogen and oxygen atoms in total. The van der Waals surface area contributed by atoms with E-state index in [4.69, 9.17) is 4.42 Å². The van der Waals surface area contributed by atoms with Crippen LogP contribution in [0.25, 0.3) is 0 Å². The molecule has 130 valence electrons. The van der Waals surface area contributed by atoms with E-state index in [1.807, 2.05) is 0 Å². The lowest BCUT2D eigenvalue weighted by molar-refractivity contribution is -0.120. The number of amides is 1. The van der Waals surface area contributed by atoms with Gasteiger partial charge in [-0.3, -0.25) is 4.79 Å². The number of thioether (sulfide) groups is 1. The van der Waals surface area contributed by atoms with Gasteiger partial charge in [0, 0.05) is 5.69 Å². The zero-order valence-corrected chi connectivity index (χ0v) is 14.9. The van der Waals surface area contributed by atoms with Gasteiger partial charge in [-0.2, -0.15) is 0 Å². The van der Waals surface area contributed by atoms with Crippen molar-refractivity contribution in [2.45, 2.75) is 23.1 Å². The number of furan rings is 1. The molecule has 0 unspecified atom stereocenters. The molecule has 1 amide bonds. The summed E-state index contributed by atoms with van der Waals surface area (Å²) in [6, 6.07) is 9.66. The molecule has 0 fully saturated rings. The maximum Gasteiger partial charge on any atom is 0.233 e. The van der Waals surface area contributed by atoms with Gasteiger partial charge >= 0.3 is 0 Å². The molecule has 0 bridgehead atoms. The van der Waals surface area contributed by atoms with Gasteiger partial charge < -0.3 is 15.1 Å². The van der Waals surface area contributed by atoms with Gasteiger partial charge in [-0.1, -0.05) is 29.2 Å². The van der Waals surface area contributed by atoms with E-state index in [2.05, 4.69) is 20.8 Å². The minimum Gasteiger partial charge on any atom is -0.467 e. The molecule has 0 saturated carbocycles. The second-order valence-corrected chi connectivity index (χ2v) is 7.63. The van der Waals surface area contributed by atoms with Crippen LogP contribution in [-0.4, -0.2) is 21.4 Å². The van der Waals surface area contributed by atoms with Crippen molar-refractivity contribution in [3.63, 3.8) is 0 Å². The first kappa shape index (κ1) is 17.4. The van der Waals surface area contributed by atoms with Crippen LogP contribution in [0.1, 0.15) is 12.7 Å². The Morgan fingerprint density at radius 3 is 3.00 bits per heavy atom. The number of hydrogen-bond donors (Lipinski definition) is 2. The van der Waals surface area contributed by atoms with E-state index in [0.29, 0.717) is 27.5 Å². The quantitative estimate of drug-likeness (QED) is 0.609. The normalized spacial score (nSPS) is 11.9. The number of anilines is 2. The average molecular weight is 378 g/mol. The van der Waals surface area contributed by atoms with Crippen LogP contribution in [-0.2, 0) is 11.3 Å². The lowest BCUT2D eigenvalue weighted by atomic mass is 10.3. The van der Waals surface area contributed by atoms with Crippen molar-refractivity contribution < 1.29 is 13.6 Å². The van der Waals surface area contributed by atoms with Gasteiger partial charge in [0.1, 0.15) is 11.6 Å². The smallest absolute Gasteiger partial charge is 0.233 e. The molecule has 0 radical (unpaired) electrons. The topological polar surface area (TPSA) is 80.0 Å². The SMILES string of the molecule is C[C@H](Sc1nnc(Nc2cccc(F)c2)s1)C(=O)NCc1ccco1. The van der Waals surface area contributed by atoms with Crippen LogP contribution in [0, 0.1) is 5.82 Å². The maximum absolute atomic E-state index is 13.2. The van der Waals surface area contributed by atoms with Crippen molar-refractivity contribution in [3.8, 4) is 0 Å². The van der Waals surface area contributed by atoms with E-state index < -0.39 is 0 Å². The molecule has 1 aromatic carbocycles. The van der Waals surface area contributed by atoms with Crippen molar-refractivity contribution in [1.29, 1.82) is 0 Å². The Hall–Kier alpha value is -2.39. The number of benzene rings is 1. The summed E-state index contributed by atoms with van der Waals surface area (Å²) in [7, 11) is 0. The summed E-state index contributed by atoms with van der Waals surface area (Å²) in [6.45, 7) is 2.14. The van der Waals surface area contributed by atoms with Gasteiger partial charge in [0.05, 0.1) is 18.1 Å². The summed E-state index contributed by atoms with van der Waals surface area (Å²) >= 11 is 2.62. The van der Waals surface area contributed by atoms with Crippen molar-refractivity contribution in [2.24, 2.45) is 0 Å². The number of rotatable bonds is 7. The van der Waals surface area contributed by atoms with Gasteiger partial charge in [-0.25, -0.2) is 4.39 Å². The fourth-order valence-corrected chi connectivity index (χ4v) is 3.87. The first-order chi connectivity index (χ1) is 12.1. The summed E-state index contributed by atoms with van der Waals surface area (Å²) in [4.78, 5) is 12.1. The van der Waals surface area contributed by atoms with Crippen LogP contribution in [0.3, 0.4) is 0 Å². The number of nitrogens with zero attached hydrogens (tertiary/aromatic N) is 2. The van der Waals surface area contributed by atoms with Crippen LogP contribution >= 0.6 is 23.1 Å². The maximum atomic E-state index is 13.2. The first-order valence-corrected chi connectivity index (χ1v) is 9.12. The summed E-state index contributed by atoms with van der Waals surface area (Å²) in [5.41, 5.74) is 0.594. The molecule has 3 rings (SSSR count). The lowest BCUT2D eigenvalue weighted by Crippen LogP contribution is -2.30. The highest BCUT2D eigenvalue weighted by Gasteiger charge is 2.17. The number of hydrogen-bond acceptors (Lipinski definition) is 7. The van der Waals surface area contributed by atoms with Crippen molar-refractivity contribution in [1.82, 2.24) is 15.5 Å². The van der Waals surface area contributed by atoms with Crippen LogP contribution < -0.4 is 10.6 Å². The van der Waals surface area contributed by atoms with E-state index >= 15 is 0 Å². The third-order valence-electron chi connectivity index (χ3n) is 3.15. The predicted octanol–water partition coefficient (Wildman–Crippen LogP) is 3.81. The Balaban J connectivity index is 1.52. The molecule has 0 aliphatic rings. The summed E-state index contributed by atoms with van der Waals surface area (Å²) in [5.74, 6) is 0.255. The monoisotopic (exact) mass is 378 g/mol. The summed E-state index contributed by atoms with van der Waals surface area (Å²) in [5, 5.41) is 14.1. The Morgan fingerprint density at radius 2 is 2.24 bits per heavy atom. The molecule has 9 heteroatoms. The zero-order chi connectivity index (χ0) is 17.6. The molecule has 25 heavy (non-hydrogen) atoms. The largest absolute Gasteiger partial charge is 0.467 e. The minimum absolute atomic E-state index is 0.115. The standard InChI is InChI=1S/C16H15FN4O2S2/c1-10(14(22)18-9-13-6-3-7-23-13)24-16-21-20-15(25-16)19-12-5-2-4-11(17)8-12/h2-8,10H,9H2,1H3,(H,18,22)(H,19,20)/t10-/m0/s1. The molecule has 0 spiro atoms. The Kier molecular flexibility index (Phi) is 5.67. The third kappa shape index (κ3) is 5.04. The summed E-state index contributed by atoms with van der Waals surface area (Å²) in [6.07, 6.45) is 1.56. The van der Waals surface area contributed by atoms with Crippen molar-refractivity contribution >= 4 is 39.8 Å². The molecule has 0 aliphatic carbocycles. The van der Waals surface area contributed by atoms with E-state index in [9.17, 15) is 9.18 Å².